The molecule has 0 saturated carbocycles. The molecule has 0 aromatic heterocycles. The summed E-state index contributed by atoms with van der Waals surface area (Å²) in [7, 11) is 0. The van der Waals surface area contributed by atoms with Crippen molar-refractivity contribution in [3.8, 4) is 0 Å². The molecule has 0 unspecified atom stereocenters. The summed E-state index contributed by atoms with van der Waals surface area (Å²) in [4.78, 5) is 12.1. The Morgan fingerprint density at radius 3 is 2.00 bits per heavy atom. The normalized spacial score (nSPS) is 10.7. The second kappa shape index (κ2) is 6.08. The molecule has 0 heterocycles. The van der Waals surface area contributed by atoms with E-state index in [1.165, 1.54) is 18.2 Å². The van der Waals surface area contributed by atoms with Gasteiger partial charge >= 0.3 is 0 Å². The summed E-state index contributed by atoms with van der Waals surface area (Å²) in [5, 5.41) is 0.363. The molecule has 0 aliphatic rings. The maximum atomic E-state index is 13.5. The van der Waals surface area contributed by atoms with Gasteiger partial charge in [-0.1, -0.05) is 40.9 Å². The molecule has 2 rings (SSSR count). The van der Waals surface area contributed by atoms with Gasteiger partial charge in [-0.05, 0) is 24.3 Å². The number of carbonyl (C=O) groups excluding carboxylic acids is 1. The highest BCUT2D eigenvalue weighted by Gasteiger charge is 2.19. The van der Waals surface area contributed by atoms with E-state index in [1.807, 2.05) is 0 Å². The SMILES string of the molecule is O=C(Cc1c(F)cccc1F)c1c(Cl)cc(Cl)cc1Cl. The van der Waals surface area contributed by atoms with Gasteiger partial charge in [0.15, 0.2) is 5.78 Å². The van der Waals surface area contributed by atoms with Crippen LogP contribution in [0.5, 0.6) is 0 Å². The van der Waals surface area contributed by atoms with E-state index in [2.05, 4.69) is 0 Å². The fraction of sp³-hybridized carbons (Fsp3) is 0.0714. The Morgan fingerprint density at radius 1 is 1.00 bits per heavy atom. The topological polar surface area (TPSA) is 17.1 Å². The molecule has 1 nitrogen and oxygen atoms in total. The zero-order valence-electron chi connectivity index (χ0n) is 9.89. The predicted molar refractivity (Wildman–Crippen MR) is 75.9 cm³/mol. The molecule has 0 N–H and O–H groups in total. The van der Waals surface area contributed by atoms with Crippen molar-refractivity contribution in [1.82, 2.24) is 0 Å². The average Bonchev–Trinajstić information content (AvgIpc) is 2.32. The van der Waals surface area contributed by atoms with E-state index in [1.54, 1.807) is 0 Å². The van der Waals surface area contributed by atoms with E-state index >= 15 is 0 Å². The van der Waals surface area contributed by atoms with Crippen molar-refractivity contribution in [3.05, 3.63) is 68.2 Å². The van der Waals surface area contributed by atoms with Gasteiger partial charge in [0, 0.05) is 17.0 Å². The van der Waals surface area contributed by atoms with E-state index in [0.717, 1.165) is 12.1 Å². The van der Waals surface area contributed by atoms with Gasteiger partial charge in [-0.3, -0.25) is 4.79 Å². The minimum atomic E-state index is -0.792. The van der Waals surface area contributed by atoms with Gasteiger partial charge in [0.2, 0.25) is 0 Å². The Bertz CT molecular complexity index is 643. The molecule has 0 aliphatic carbocycles. The van der Waals surface area contributed by atoms with Crippen LogP contribution in [0.25, 0.3) is 0 Å². The molecule has 0 atom stereocenters. The van der Waals surface area contributed by atoms with Crippen molar-refractivity contribution >= 4 is 40.6 Å². The third kappa shape index (κ3) is 3.11. The van der Waals surface area contributed by atoms with Crippen LogP contribution in [-0.4, -0.2) is 5.78 Å². The summed E-state index contributed by atoms with van der Waals surface area (Å²) >= 11 is 17.5. The van der Waals surface area contributed by atoms with Crippen molar-refractivity contribution in [3.63, 3.8) is 0 Å². The number of benzene rings is 2. The molecule has 2 aromatic rings. The second-order valence-electron chi connectivity index (χ2n) is 4.04. The van der Waals surface area contributed by atoms with Gasteiger partial charge in [-0.2, -0.15) is 0 Å². The largest absolute Gasteiger partial charge is 0.294 e. The van der Waals surface area contributed by atoms with Crippen molar-refractivity contribution in [2.75, 3.05) is 0 Å². The maximum Gasteiger partial charge on any atom is 0.170 e. The Labute approximate surface area is 129 Å². The molecule has 104 valence electrons. The predicted octanol–water partition coefficient (Wildman–Crippen LogP) is 5.35. The van der Waals surface area contributed by atoms with E-state index < -0.39 is 23.8 Å². The standard InChI is InChI=1S/C14H7Cl3F2O/c15-7-4-9(16)14(10(17)5-7)13(20)6-8-11(18)2-1-3-12(8)19/h1-5H,6H2. The molecule has 0 aliphatic heterocycles. The average molecular weight is 336 g/mol. The monoisotopic (exact) mass is 334 g/mol. The van der Waals surface area contributed by atoms with Crippen LogP contribution in [0, 0.1) is 11.6 Å². The fourth-order valence-corrected chi connectivity index (χ4v) is 2.79. The Morgan fingerprint density at radius 2 is 1.50 bits per heavy atom. The van der Waals surface area contributed by atoms with E-state index in [0.29, 0.717) is 0 Å². The first kappa shape index (κ1) is 15.2. The van der Waals surface area contributed by atoms with Crippen LogP contribution in [0.4, 0.5) is 8.78 Å². The lowest BCUT2D eigenvalue weighted by atomic mass is 10.0. The number of rotatable bonds is 3. The minimum absolute atomic E-state index is 0.000358. The minimum Gasteiger partial charge on any atom is -0.294 e. The van der Waals surface area contributed by atoms with Crippen LogP contribution in [0.3, 0.4) is 0 Å². The molecule has 2 aromatic carbocycles. The first-order valence-electron chi connectivity index (χ1n) is 5.50. The van der Waals surface area contributed by atoms with E-state index in [-0.39, 0.29) is 26.2 Å². The summed E-state index contributed by atoms with van der Waals surface area (Å²) < 4.78 is 27.0. The zero-order valence-corrected chi connectivity index (χ0v) is 12.2. The first-order valence-corrected chi connectivity index (χ1v) is 6.64. The van der Waals surface area contributed by atoms with Crippen molar-refractivity contribution in [2.24, 2.45) is 0 Å². The fourth-order valence-electron chi connectivity index (χ4n) is 1.76. The van der Waals surface area contributed by atoms with Crippen LogP contribution < -0.4 is 0 Å². The Kier molecular flexibility index (Phi) is 4.63. The Hall–Kier alpha value is -1.16. The maximum absolute atomic E-state index is 13.5. The van der Waals surface area contributed by atoms with Gasteiger partial charge in [0.1, 0.15) is 11.6 Å². The smallest absolute Gasteiger partial charge is 0.170 e. The molecular formula is C14H7Cl3F2O. The lowest BCUT2D eigenvalue weighted by molar-refractivity contribution is 0.0991. The molecule has 0 radical (unpaired) electrons. The van der Waals surface area contributed by atoms with Crippen molar-refractivity contribution < 1.29 is 13.6 Å². The van der Waals surface area contributed by atoms with Crippen LogP contribution in [0.15, 0.2) is 30.3 Å². The quantitative estimate of drug-likeness (QED) is 0.691. The van der Waals surface area contributed by atoms with Gasteiger partial charge in [-0.15, -0.1) is 0 Å². The first-order chi connectivity index (χ1) is 9.40. The molecule has 6 heteroatoms. The van der Waals surface area contributed by atoms with Gasteiger partial charge in [0.25, 0.3) is 0 Å². The van der Waals surface area contributed by atoms with Gasteiger partial charge in [0.05, 0.1) is 15.6 Å². The lowest BCUT2D eigenvalue weighted by Gasteiger charge is -2.08. The summed E-state index contributed by atoms with van der Waals surface area (Å²) in [5.74, 6) is -2.17. The van der Waals surface area contributed by atoms with Crippen LogP contribution in [0.1, 0.15) is 15.9 Å². The Balaban J connectivity index is 2.39. The molecule has 0 fully saturated rings. The van der Waals surface area contributed by atoms with Crippen LogP contribution >= 0.6 is 34.8 Å². The van der Waals surface area contributed by atoms with E-state index in [4.69, 9.17) is 34.8 Å². The summed E-state index contributed by atoms with van der Waals surface area (Å²) in [6, 6.07) is 6.08. The zero-order chi connectivity index (χ0) is 14.9. The van der Waals surface area contributed by atoms with Crippen molar-refractivity contribution in [2.45, 2.75) is 6.42 Å². The molecular weight excluding hydrogens is 329 g/mol. The number of hydrogen-bond donors (Lipinski definition) is 0. The van der Waals surface area contributed by atoms with E-state index in [9.17, 15) is 13.6 Å². The number of ketones is 1. The number of carbonyl (C=O) groups is 1. The summed E-state index contributed by atoms with van der Waals surface area (Å²) in [6.45, 7) is 0. The molecule has 20 heavy (non-hydrogen) atoms. The molecule has 0 spiro atoms. The highest BCUT2D eigenvalue weighted by atomic mass is 35.5. The highest BCUT2D eigenvalue weighted by molar-refractivity contribution is 6.42. The van der Waals surface area contributed by atoms with Crippen LogP contribution in [0.2, 0.25) is 15.1 Å². The summed E-state index contributed by atoms with van der Waals surface area (Å²) in [6.07, 6.45) is -0.473. The highest BCUT2D eigenvalue weighted by Crippen LogP contribution is 2.30. The lowest BCUT2D eigenvalue weighted by Crippen LogP contribution is -2.08. The molecule has 0 amide bonds. The number of Topliss-reactive ketones (excluding diaryl/α,β-unsaturated/α-hetero) is 1. The third-order valence-corrected chi connectivity index (χ3v) is 3.50. The second-order valence-corrected chi connectivity index (χ2v) is 5.30. The number of hydrogen-bond acceptors (Lipinski definition) is 1. The van der Waals surface area contributed by atoms with Crippen molar-refractivity contribution in [1.29, 1.82) is 0 Å². The molecule has 0 saturated heterocycles. The van der Waals surface area contributed by atoms with Gasteiger partial charge in [-0.25, -0.2) is 8.78 Å². The van der Waals surface area contributed by atoms with Crippen LogP contribution in [-0.2, 0) is 6.42 Å². The summed E-state index contributed by atoms with van der Waals surface area (Å²) in [5.41, 5.74) is -0.319. The number of halogens is 5. The molecule has 0 bridgehead atoms. The third-order valence-electron chi connectivity index (χ3n) is 2.68. The van der Waals surface area contributed by atoms with Gasteiger partial charge < -0.3 is 0 Å².